The van der Waals surface area contributed by atoms with E-state index in [1.165, 1.54) is 22.2 Å². The summed E-state index contributed by atoms with van der Waals surface area (Å²) in [5.74, 6) is -0.271. The fraction of sp³-hybridized carbons (Fsp3) is 0.111. The van der Waals surface area contributed by atoms with Crippen molar-refractivity contribution in [2.75, 3.05) is 11.9 Å². The number of carbonyl (C=O) groups is 1. The number of hydrogen-bond donors (Lipinski definition) is 1. The molecule has 2 heterocycles. The van der Waals surface area contributed by atoms with Crippen molar-refractivity contribution < 1.29 is 9.53 Å². The maximum atomic E-state index is 12.3. The number of nitrogens with zero attached hydrogens (tertiary/aromatic N) is 4. The molecule has 26 heavy (non-hydrogen) atoms. The second-order valence-corrected chi connectivity index (χ2v) is 6.48. The summed E-state index contributed by atoms with van der Waals surface area (Å²) in [6.07, 6.45) is 1.17. The molecule has 0 unspecified atom stereocenters. The lowest BCUT2D eigenvalue weighted by atomic mass is 10.0. The second-order valence-electron chi connectivity index (χ2n) is 5.53. The van der Waals surface area contributed by atoms with Crippen LogP contribution in [-0.4, -0.2) is 32.3 Å². The van der Waals surface area contributed by atoms with E-state index >= 15 is 0 Å². The predicted octanol–water partition coefficient (Wildman–Crippen LogP) is 2.93. The number of carbonyl (C=O) groups excluding carboxylic acids is 1. The quantitative estimate of drug-likeness (QED) is 0.568. The minimum Gasteiger partial charge on any atom is -0.359 e. The highest BCUT2D eigenvalue weighted by molar-refractivity contribution is 7.20. The van der Waals surface area contributed by atoms with Gasteiger partial charge in [-0.25, -0.2) is 0 Å². The molecule has 130 valence electrons. The van der Waals surface area contributed by atoms with Gasteiger partial charge >= 0.3 is 0 Å². The highest BCUT2D eigenvalue weighted by Gasteiger charge is 2.17. The van der Waals surface area contributed by atoms with E-state index in [0.29, 0.717) is 10.1 Å². The number of ether oxygens (including phenoxy) is 1. The maximum absolute atomic E-state index is 12.3. The van der Waals surface area contributed by atoms with Gasteiger partial charge in [0, 0.05) is 0 Å². The first-order valence-corrected chi connectivity index (χ1v) is 8.79. The highest BCUT2D eigenvalue weighted by atomic mass is 32.1. The molecule has 0 saturated heterocycles. The van der Waals surface area contributed by atoms with E-state index in [9.17, 15) is 4.79 Å². The van der Waals surface area contributed by atoms with E-state index in [-0.39, 0.29) is 18.6 Å². The van der Waals surface area contributed by atoms with Crippen molar-refractivity contribution in [1.82, 2.24) is 19.8 Å². The smallest absolute Gasteiger partial charge is 0.252 e. The van der Waals surface area contributed by atoms with E-state index in [1.807, 2.05) is 60.7 Å². The summed E-state index contributed by atoms with van der Waals surface area (Å²) in [6, 6.07) is 19.6. The van der Waals surface area contributed by atoms with Crippen LogP contribution in [-0.2, 0) is 9.53 Å². The molecule has 4 rings (SSSR count). The van der Waals surface area contributed by atoms with Gasteiger partial charge in [-0.2, -0.15) is 4.52 Å². The van der Waals surface area contributed by atoms with Crippen LogP contribution in [0.2, 0.25) is 0 Å². The van der Waals surface area contributed by atoms with Crippen molar-refractivity contribution in [2.24, 2.45) is 0 Å². The molecule has 0 saturated carbocycles. The molecular weight excluding hydrogens is 350 g/mol. The Morgan fingerprint density at radius 2 is 1.73 bits per heavy atom. The third kappa shape index (κ3) is 3.61. The second kappa shape index (κ2) is 7.42. The normalized spacial score (nSPS) is 11.1. The average Bonchev–Trinajstić information content (AvgIpc) is 3.25. The monoisotopic (exact) mass is 365 g/mol. The zero-order valence-electron chi connectivity index (χ0n) is 13.6. The standard InChI is InChI=1S/C18H15N5O2S/c24-15(20-17-22-23-12-19-21-18(23)26-17)11-25-16(13-7-3-1-4-8-13)14-9-5-2-6-10-14/h1-10,12,16H,11H2,(H,20,22,24). The fourth-order valence-electron chi connectivity index (χ4n) is 2.57. The van der Waals surface area contributed by atoms with Gasteiger partial charge in [-0.1, -0.05) is 72.0 Å². The Morgan fingerprint density at radius 1 is 1.08 bits per heavy atom. The zero-order valence-corrected chi connectivity index (χ0v) is 14.5. The van der Waals surface area contributed by atoms with Crippen molar-refractivity contribution >= 4 is 27.3 Å². The largest absolute Gasteiger partial charge is 0.359 e. The van der Waals surface area contributed by atoms with Gasteiger partial charge in [-0.15, -0.1) is 15.3 Å². The van der Waals surface area contributed by atoms with E-state index in [0.717, 1.165) is 11.1 Å². The van der Waals surface area contributed by atoms with Crippen LogP contribution in [0.25, 0.3) is 4.96 Å². The summed E-state index contributed by atoms with van der Waals surface area (Å²) in [6.45, 7) is -0.0887. The molecule has 8 heteroatoms. The van der Waals surface area contributed by atoms with Gasteiger partial charge in [0.25, 0.3) is 5.91 Å². The number of amides is 1. The maximum Gasteiger partial charge on any atom is 0.252 e. The molecule has 0 bridgehead atoms. The number of anilines is 1. The number of hydrogen-bond acceptors (Lipinski definition) is 6. The van der Waals surface area contributed by atoms with Crippen molar-refractivity contribution in [3.8, 4) is 0 Å². The Morgan fingerprint density at radius 3 is 2.35 bits per heavy atom. The Hall–Kier alpha value is -3.10. The minimum atomic E-state index is -0.319. The van der Waals surface area contributed by atoms with Gasteiger partial charge in [-0.05, 0) is 11.1 Å². The van der Waals surface area contributed by atoms with E-state index in [2.05, 4.69) is 20.6 Å². The minimum absolute atomic E-state index is 0.0887. The van der Waals surface area contributed by atoms with Gasteiger partial charge in [0.05, 0.1) is 0 Å². The Bertz CT molecular complexity index is 932. The molecule has 0 fully saturated rings. The van der Waals surface area contributed by atoms with E-state index in [4.69, 9.17) is 4.74 Å². The van der Waals surface area contributed by atoms with Crippen molar-refractivity contribution in [3.63, 3.8) is 0 Å². The molecule has 0 aliphatic rings. The third-order valence-corrected chi connectivity index (χ3v) is 4.55. The van der Waals surface area contributed by atoms with Crippen LogP contribution >= 0.6 is 11.3 Å². The molecule has 1 N–H and O–H groups in total. The molecule has 7 nitrogen and oxygen atoms in total. The summed E-state index contributed by atoms with van der Waals surface area (Å²) in [5.41, 5.74) is 1.98. The van der Waals surface area contributed by atoms with Crippen LogP contribution in [0.5, 0.6) is 0 Å². The highest BCUT2D eigenvalue weighted by Crippen LogP contribution is 2.25. The Balaban J connectivity index is 1.45. The predicted molar refractivity (Wildman–Crippen MR) is 98.0 cm³/mol. The number of aromatic nitrogens is 4. The average molecular weight is 365 g/mol. The summed E-state index contributed by atoms with van der Waals surface area (Å²) in [4.78, 5) is 12.9. The molecule has 2 aromatic carbocycles. The summed E-state index contributed by atoms with van der Waals surface area (Å²) < 4.78 is 7.45. The molecule has 0 aliphatic heterocycles. The van der Waals surface area contributed by atoms with Crippen LogP contribution in [0, 0.1) is 0 Å². The van der Waals surface area contributed by atoms with Crippen molar-refractivity contribution in [2.45, 2.75) is 6.10 Å². The summed E-state index contributed by atoms with van der Waals surface area (Å²) in [5, 5.41) is 15.0. The fourth-order valence-corrected chi connectivity index (χ4v) is 3.30. The molecule has 2 aromatic heterocycles. The lowest BCUT2D eigenvalue weighted by molar-refractivity contribution is -0.121. The summed E-state index contributed by atoms with van der Waals surface area (Å²) >= 11 is 1.25. The van der Waals surface area contributed by atoms with Crippen LogP contribution < -0.4 is 5.32 Å². The van der Waals surface area contributed by atoms with Crippen molar-refractivity contribution in [3.05, 3.63) is 78.1 Å². The lowest BCUT2D eigenvalue weighted by Gasteiger charge is -2.18. The molecule has 0 radical (unpaired) electrons. The number of nitrogens with one attached hydrogen (secondary N) is 1. The topological polar surface area (TPSA) is 81.4 Å². The van der Waals surface area contributed by atoms with Crippen LogP contribution in [0.4, 0.5) is 5.13 Å². The first kappa shape index (κ1) is 16.4. The Kier molecular flexibility index (Phi) is 4.67. The van der Waals surface area contributed by atoms with Gasteiger partial charge in [0.15, 0.2) is 0 Å². The molecule has 1 amide bonds. The lowest BCUT2D eigenvalue weighted by Crippen LogP contribution is -2.20. The number of rotatable bonds is 6. The zero-order chi connectivity index (χ0) is 17.8. The molecular formula is C18H15N5O2S. The van der Waals surface area contributed by atoms with Crippen molar-refractivity contribution in [1.29, 1.82) is 0 Å². The van der Waals surface area contributed by atoms with Gasteiger partial charge < -0.3 is 4.74 Å². The van der Waals surface area contributed by atoms with Crippen LogP contribution in [0.3, 0.4) is 0 Å². The molecule has 0 atom stereocenters. The van der Waals surface area contributed by atoms with Gasteiger partial charge in [0.2, 0.25) is 10.1 Å². The van der Waals surface area contributed by atoms with Gasteiger partial charge in [-0.3, -0.25) is 10.1 Å². The van der Waals surface area contributed by atoms with Crippen LogP contribution in [0.15, 0.2) is 67.0 Å². The van der Waals surface area contributed by atoms with E-state index in [1.54, 1.807) is 0 Å². The van der Waals surface area contributed by atoms with E-state index < -0.39 is 0 Å². The molecule has 0 spiro atoms. The SMILES string of the molecule is O=C(COC(c1ccccc1)c1ccccc1)Nc1nn2cnnc2s1. The third-order valence-electron chi connectivity index (χ3n) is 3.72. The summed E-state index contributed by atoms with van der Waals surface area (Å²) in [7, 11) is 0. The van der Waals surface area contributed by atoms with Gasteiger partial charge in [0.1, 0.15) is 19.0 Å². The Labute approximate surface area is 153 Å². The first-order valence-electron chi connectivity index (χ1n) is 7.98. The molecule has 0 aliphatic carbocycles. The number of fused-ring (bicyclic) bond motifs is 1. The molecule has 4 aromatic rings. The first-order chi connectivity index (χ1) is 12.8. The number of benzene rings is 2. The van der Waals surface area contributed by atoms with Crippen LogP contribution in [0.1, 0.15) is 17.2 Å².